The summed E-state index contributed by atoms with van der Waals surface area (Å²) in [6, 6.07) is 4.57. The normalized spacial score (nSPS) is 17.1. The lowest BCUT2D eigenvalue weighted by Crippen LogP contribution is -2.33. The van der Waals surface area contributed by atoms with Crippen molar-refractivity contribution >= 4 is 17.2 Å². The number of hydrogen-bond acceptors (Lipinski definition) is 3. The first-order valence-corrected chi connectivity index (χ1v) is 6.70. The second kappa shape index (κ2) is 5.46. The zero-order valence-electron chi connectivity index (χ0n) is 9.53. The first-order valence-electron chi connectivity index (χ1n) is 5.82. The first-order chi connectivity index (χ1) is 7.77. The molecule has 1 fully saturated rings. The number of hydrogen-bond donors (Lipinski definition) is 2. The van der Waals surface area contributed by atoms with Crippen LogP contribution >= 0.6 is 11.3 Å². The van der Waals surface area contributed by atoms with E-state index in [9.17, 15) is 4.79 Å². The summed E-state index contributed by atoms with van der Waals surface area (Å²) >= 11 is 1.76. The third-order valence-electron chi connectivity index (χ3n) is 2.79. The summed E-state index contributed by atoms with van der Waals surface area (Å²) in [5, 5.41) is 8.43. The molecule has 1 aromatic rings. The lowest BCUT2D eigenvalue weighted by molar-refractivity contribution is -0.122. The summed E-state index contributed by atoms with van der Waals surface area (Å²) in [5.41, 5.74) is 0. The van der Waals surface area contributed by atoms with Crippen molar-refractivity contribution in [3.8, 4) is 0 Å². The summed E-state index contributed by atoms with van der Waals surface area (Å²) in [6.07, 6.45) is 2.15. The van der Waals surface area contributed by atoms with Crippen molar-refractivity contribution < 1.29 is 4.79 Å². The van der Waals surface area contributed by atoms with Gasteiger partial charge in [-0.1, -0.05) is 6.07 Å². The van der Waals surface area contributed by atoms with Gasteiger partial charge >= 0.3 is 0 Å². The summed E-state index contributed by atoms with van der Waals surface area (Å²) in [5.74, 6) is 0.542. The fourth-order valence-corrected chi connectivity index (χ4v) is 2.36. The Labute approximate surface area is 100 Å². The Bertz CT molecular complexity index is 333. The molecule has 1 atom stereocenters. The quantitative estimate of drug-likeness (QED) is 0.743. The molecule has 3 nitrogen and oxygen atoms in total. The molecule has 0 bridgehead atoms. The average molecular weight is 238 g/mol. The molecule has 4 heteroatoms. The number of carbonyl (C=O) groups excluding carboxylic acids is 1. The topological polar surface area (TPSA) is 41.1 Å². The van der Waals surface area contributed by atoms with Crippen LogP contribution in [0.5, 0.6) is 0 Å². The zero-order chi connectivity index (χ0) is 11.4. The van der Waals surface area contributed by atoms with E-state index in [1.165, 1.54) is 4.88 Å². The second-order valence-corrected chi connectivity index (χ2v) is 5.24. The Morgan fingerprint density at radius 3 is 3.00 bits per heavy atom. The highest BCUT2D eigenvalue weighted by atomic mass is 32.1. The predicted octanol–water partition coefficient (Wildman–Crippen LogP) is 1.92. The van der Waals surface area contributed by atoms with Gasteiger partial charge in [0, 0.05) is 29.9 Å². The van der Waals surface area contributed by atoms with Crippen molar-refractivity contribution in [2.45, 2.75) is 25.8 Å². The summed E-state index contributed by atoms with van der Waals surface area (Å²) in [4.78, 5) is 12.7. The Hall–Kier alpha value is -0.870. The van der Waals surface area contributed by atoms with E-state index < -0.39 is 0 Å². The number of amides is 1. The summed E-state index contributed by atoms with van der Waals surface area (Å²) in [6.45, 7) is 3.71. The fraction of sp³-hybridized carbons (Fsp3) is 0.583. The maximum Gasteiger partial charge on any atom is 0.223 e. The van der Waals surface area contributed by atoms with Gasteiger partial charge in [-0.3, -0.25) is 4.79 Å². The van der Waals surface area contributed by atoms with Crippen molar-refractivity contribution in [3.05, 3.63) is 22.4 Å². The Kier molecular flexibility index (Phi) is 3.96. The van der Waals surface area contributed by atoms with E-state index in [0.29, 0.717) is 12.0 Å². The predicted molar refractivity (Wildman–Crippen MR) is 66.5 cm³/mol. The number of thiophene rings is 1. The van der Waals surface area contributed by atoms with E-state index in [-0.39, 0.29) is 5.91 Å². The van der Waals surface area contributed by atoms with E-state index in [1.807, 2.05) is 0 Å². The molecule has 88 valence electrons. The lowest BCUT2D eigenvalue weighted by atomic mass is 10.3. The molecular weight excluding hydrogens is 220 g/mol. The van der Waals surface area contributed by atoms with Gasteiger partial charge in [-0.25, -0.2) is 0 Å². The smallest absolute Gasteiger partial charge is 0.223 e. The van der Waals surface area contributed by atoms with Crippen LogP contribution in [-0.4, -0.2) is 19.0 Å². The van der Waals surface area contributed by atoms with Crippen molar-refractivity contribution in [1.29, 1.82) is 0 Å². The van der Waals surface area contributed by atoms with Crippen LogP contribution in [0.4, 0.5) is 0 Å². The Morgan fingerprint density at radius 1 is 1.56 bits per heavy atom. The molecule has 2 N–H and O–H groups in total. The van der Waals surface area contributed by atoms with E-state index >= 15 is 0 Å². The molecule has 0 aromatic carbocycles. The molecule has 16 heavy (non-hydrogen) atoms. The van der Waals surface area contributed by atoms with Crippen LogP contribution in [0, 0.1) is 5.92 Å². The van der Waals surface area contributed by atoms with Crippen LogP contribution in [0.15, 0.2) is 17.5 Å². The molecule has 0 aliphatic heterocycles. The van der Waals surface area contributed by atoms with Gasteiger partial charge in [0.15, 0.2) is 0 Å². The van der Waals surface area contributed by atoms with Crippen LogP contribution in [0.25, 0.3) is 0 Å². The zero-order valence-corrected chi connectivity index (χ0v) is 10.3. The molecule has 0 radical (unpaired) electrons. The van der Waals surface area contributed by atoms with Gasteiger partial charge in [0.25, 0.3) is 0 Å². The van der Waals surface area contributed by atoms with Gasteiger partial charge in [-0.2, -0.15) is 0 Å². The molecule has 1 unspecified atom stereocenters. The number of nitrogens with one attached hydrogen (secondary N) is 2. The van der Waals surface area contributed by atoms with Gasteiger partial charge in [0.1, 0.15) is 0 Å². The van der Waals surface area contributed by atoms with Crippen LogP contribution in [0.1, 0.15) is 30.7 Å². The maximum atomic E-state index is 11.3. The largest absolute Gasteiger partial charge is 0.355 e. The van der Waals surface area contributed by atoms with Gasteiger partial charge < -0.3 is 10.6 Å². The highest BCUT2D eigenvalue weighted by Crippen LogP contribution is 2.28. The number of rotatable bonds is 6. The molecule has 1 aliphatic rings. The summed E-state index contributed by atoms with van der Waals surface area (Å²) in [7, 11) is 0. The molecule has 1 aliphatic carbocycles. The number of carbonyl (C=O) groups is 1. The van der Waals surface area contributed by atoms with E-state index in [1.54, 1.807) is 11.3 Å². The van der Waals surface area contributed by atoms with E-state index in [0.717, 1.165) is 25.9 Å². The second-order valence-electron chi connectivity index (χ2n) is 4.26. The Morgan fingerprint density at radius 2 is 2.38 bits per heavy atom. The monoisotopic (exact) mass is 238 g/mol. The molecular formula is C12H18N2OS. The van der Waals surface area contributed by atoms with Gasteiger partial charge in [-0.15, -0.1) is 11.3 Å². The minimum atomic E-state index is 0.227. The third kappa shape index (κ3) is 3.32. The van der Waals surface area contributed by atoms with Gasteiger partial charge in [0.2, 0.25) is 5.91 Å². The van der Waals surface area contributed by atoms with Gasteiger partial charge in [0.05, 0.1) is 0 Å². The maximum absolute atomic E-state index is 11.3. The van der Waals surface area contributed by atoms with E-state index in [2.05, 4.69) is 35.1 Å². The SMILES string of the molecule is CC(NCCNC(=O)C1CC1)c1cccs1. The molecule has 0 spiro atoms. The third-order valence-corrected chi connectivity index (χ3v) is 3.85. The van der Waals surface area contributed by atoms with Crippen LogP contribution in [0.3, 0.4) is 0 Å². The van der Waals surface area contributed by atoms with Crippen molar-refractivity contribution in [3.63, 3.8) is 0 Å². The minimum Gasteiger partial charge on any atom is -0.355 e. The van der Waals surface area contributed by atoms with Crippen LogP contribution in [0.2, 0.25) is 0 Å². The van der Waals surface area contributed by atoms with Crippen molar-refractivity contribution in [2.75, 3.05) is 13.1 Å². The minimum absolute atomic E-state index is 0.227. The first kappa shape index (κ1) is 11.6. The molecule has 1 heterocycles. The highest BCUT2D eigenvalue weighted by molar-refractivity contribution is 7.10. The van der Waals surface area contributed by atoms with Gasteiger partial charge in [-0.05, 0) is 31.2 Å². The van der Waals surface area contributed by atoms with Crippen molar-refractivity contribution in [1.82, 2.24) is 10.6 Å². The molecule has 1 aromatic heterocycles. The molecule has 1 saturated carbocycles. The average Bonchev–Trinajstić information content (AvgIpc) is 2.99. The molecule has 0 saturated heterocycles. The standard InChI is InChI=1S/C12H18N2OS/c1-9(11-3-2-8-16-11)13-6-7-14-12(15)10-4-5-10/h2-3,8-10,13H,4-7H2,1H3,(H,14,15). The summed E-state index contributed by atoms with van der Waals surface area (Å²) < 4.78 is 0. The Balaban J connectivity index is 1.59. The molecule has 2 rings (SSSR count). The van der Waals surface area contributed by atoms with E-state index in [4.69, 9.17) is 0 Å². The van der Waals surface area contributed by atoms with Crippen molar-refractivity contribution in [2.24, 2.45) is 5.92 Å². The fourth-order valence-electron chi connectivity index (χ4n) is 1.60. The van der Waals surface area contributed by atoms with Crippen LogP contribution < -0.4 is 10.6 Å². The highest BCUT2D eigenvalue weighted by Gasteiger charge is 2.28. The molecule has 1 amide bonds. The lowest BCUT2D eigenvalue weighted by Gasteiger charge is -2.12. The van der Waals surface area contributed by atoms with Crippen LogP contribution in [-0.2, 0) is 4.79 Å².